The number of halogens is 1. The lowest BCUT2D eigenvalue weighted by Crippen LogP contribution is -2.34. The van der Waals surface area contributed by atoms with Gasteiger partial charge in [-0.3, -0.25) is 4.79 Å². The number of carbonyl (C=O) groups excluding carboxylic acids is 1. The van der Waals surface area contributed by atoms with Crippen LogP contribution in [0.2, 0.25) is 0 Å². The minimum absolute atomic E-state index is 0.0265. The van der Waals surface area contributed by atoms with Crippen LogP contribution in [-0.2, 0) is 5.54 Å². The molecule has 1 amide bonds. The summed E-state index contributed by atoms with van der Waals surface area (Å²) >= 11 is 0. The van der Waals surface area contributed by atoms with E-state index in [0.29, 0.717) is 41.9 Å². The Balaban J connectivity index is 1.17. The lowest BCUT2D eigenvalue weighted by molar-refractivity contribution is 0.0750. The van der Waals surface area contributed by atoms with E-state index in [-0.39, 0.29) is 29.7 Å². The Hall–Kier alpha value is -4.18. The number of aryl methyl sites for hydroxylation is 1. The maximum atomic E-state index is 13.5. The van der Waals surface area contributed by atoms with Crippen LogP contribution in [0, 0.1) is 31.5 Å². The number of rotatable bonds is 6. The smallest absolute Gasteiger partial charge is 0.257 e. The fraction of sp³-hybridized carbons (Fsp3) is 0.345. The number of amides is 1. The molecule has 1 aromatic carbocycles. The summed E-state index contributed by atoms with van der Waals surface area (Å²) in [5, 5.41) is 4.52. The first-order valence-electron chi connectivity index (χ1n) is 13.0. The van der Waals surface area contributed by atoms with Crippen LogP contribution in [0.4, 0.5) is 4.39 Å². The minimum Gasteiger partial charge on any atom is -0.474 e. The molecule has 200 valence electrons. The van der Waals surface area contributed by atoms with E-state index in [2.05, 4.69) is 15.1 Å². The number of hydrogen-bond donors (Lipinski definition) is 1. The molecule has 4 heterocycles. The summed E-state index contributed by atoms with van der Waals surface area (Å²) in [4.78, 5) is 28.6. The molecule has 1 unspecified atom stereocenters. The van der Waals surface area contributed by atoms with Crippen molar-refractivity contribution in [3.05, 3.63) is 83.2 Å². The van der Waals surface area contributed by atoms with Crippen molar-refractivity contribution in [1.82, 2.24) is 29.6 Å². The maximum absolute atomic E-state index is 13.5. The van der Waals surface area contributed by atoms with Crippen LogP contribution in [0.15, 0.2) is 54.9 Å². The molecule has 6 rings (SSSR count). The molecule has 0 radical (unpaired) electrons. The van der Waals surface area contributed by atoms with Crippen molar-refractivity contribution >= 4 is 5.91 Å². The number of carbonyl (C=O) groups is 1. The van der Waals surface area contributed by atoms with Crippen LogP contribution in [-0.4, -0.2) is 54.7 Å². The number of pyridine rings is 1. The number of nitrogens with two attached hydrogens (primary N) is 1. The van der Waals surface area contributed by atoms with Gasteiger partial charge in [-0.25, -0.2) is 24.0 Å². The Morgan fingerprint density at radius 1 is 1.08 bits per heavy atom. The van der Waals surface area contributed by atoms with Crippen LogP contribution in [0.1, 0.15) is 41.2 Å². The fourth-order valence-electron chi connectivity index (χ4n) is 5.36. The molecule has 2 N–H and O–H groups in total. The van der Waals surface area contributed by atoms with Crippen molar-refractivity contribution < 1.29 is 13.9 Å². The molecule has 0 bridgehead atoms. The highest BCUT2D eigenvalue weighted by Crippen LogP contribution is 2.48. The van der Waals surface area contributed by atoms with E-state index in [1.807, 2.05) is 44.7 Å². The van der Waals surface area contributed by atoms with E-state index in [1.165, 1.54) is 12.1 Å². The Labute approximate surface area is 225 Å². The third-order valence-corrected chi connectivity index (χ3v) is 7.59. The van der Waals surface area contributed by atoms with Gasteiger partial charge in [0, 0.05) is 54.5 Å². The average Bonchev–Trinajstić information content (AvgIpc) is 3.22. The molecule has 2 fully saturated rings. The van der Waals surface area contributed by atoms with Gasteiger partial charge in [-0.05, 0) is 69.7 Å². The number of benzene rings is 1. The summed E-state index contributed by atoms with van der Waals surface area (Å²) in [7, 11) is 0. The summed E-state index contributed by atoms with van der Waals surface area (Å²) in [6.45, 7) is 8.75. The van der Waals surface area contributed by atoms with Gasteiger partial charge in [0.25, 0.3) is 11.9 Å². The highest BCUT2D eigenvalue weighted by atomic mass is 19.1. The molecule has 3 aromatic heterocycles. The Morgan fingerprint density at radius 2 is 1.74 bits per heavy atom. The summed E-state index contributed by atoms with van der Waals surface area (Å²) in [5.74, 6) is 1.03. The zero-order valence-electron chi connectivity index (χ0n) is 22.3. The second-order valence-electron chi connectivity index (χ2n) is 10.9. The molecule has 10 heteroatoms. The van der Waals surface area contributed by atoms with Crippen LogP contribution in [0.25, 0.3) is 17.2 Å². The number of fused-ring (bicyclic) bond motifs is 1. The van der Waals surface area contributed by atoms with Gasteiger partial charge in [0.15, 0.2) is 0 Å². The van der Waals surface area contributed by atoms with Crippen molar-refractivity contribution in [3.8, 4) is 23.1 Å². The molecule has 39 heavy (non-hydrogen) atoms. The number of hydrogen-bond acceptors (Lipinski definition) is 7. The molecule has 1 aliphatic heterocycles. The highest BCUT2D eigenvalue weighted by molar-refractivity contribution is 5.96. The van der Waals surface area contributed by atoms with Crippen molar-refractivity contribution in [2.45, 2.75) is 39.3 Å². The number of piperidine rings is 1. The van der Waals surface area contributed by atoms with Crippen LogP contribution in [0.5, 0.6) is 5.88 Å². The Kier molecular flexibility index (Phi) is 5.95. The average molecular weight is 528 g/mol. The number of ether oxygens (including phenoxy) is 1. The summed E-state index contributed by atoms with van der Waals surface area (Å²) in [6, 6.07) is 11.7. The first kappa shape index (κ1) is 25.1. The normalized spacial score (nSPS) is 20.2. The molecule has 1 aliphatic carbocycles. The molecule has 4 aromatic rings. The third-order valence-electron chi connectivity index (χ3n) is 7.59. The van der Waals surface area contributed by atoms with Crippen LogP contribution < -0.4 is 10.5 Å². The molecule has 1 saturated heterocycles. The van der Waals surface area contributed by atoms with E-state index < -0.39 is 5.54 Å². The van der Waals surface area contributed by atoms with Crippen molar-refractivity contribution in [3.63, 3.8) is 0 Å². The van der Waals surface area contributed by atoms with Crippen molar-refractivity contribution in [2.75, 3.05) is 13.1 Å². The van der Waals surface area contributed by atoms with Crippen LogP contribution in [0.3, 0.4) is 0 Å². The van der Waals surface area contributed by atoms with Gasteiger partial charge in [0.2, 0.25) is 5.88 Å². The SMILES string of the molecule is Cc1nn(-c2ncccn2)c(C)c1C(=O)N1C[C@@H]2C(Oc3cc(C(C)(C)N)cc(-c4ccc(F)cc4)n3)[C@@H]2C1. The highest BCUT2D eigenvalue weighted by Gasteiger charge is 2.59. The van der Waals surface area contributed by atoms with Gasteiger partial charge in [-0.2, -0.15) is 5.10 Å². The lowest BCUT2D eigenvalue weighted by atomic mass is 9.95. The Bertz CT molecular complexity index is 1530. The monoisotopic (exact) mass is 527 g/mol. The van der Waals surface area contributed by atoms with Gasteiger partial charge in [0.1, 0.15) is 11.9 Å². The van der Waals surface area contributed by atoms with E-state index in [1.54, 1.807) is 35.3 Å². The predicted octanol–water partition coefficient (Wildman–Crippen LogP) is 3.82. The number of nitrogens with zero attached hydrogens (tertiary/aromatic N) is 6. The van der Waals surface area contributed by atoms with Gasteiger partial charge in [-0.15, -0.1) is 0 Å². The molecular formula is C29H30FN7O2. The van der Waals surface area contributed by atoms with Crippen molar-refractivity contribution in [1.29, 1.82) is 0 Å². The Morgan fingerprint density at radius 3 is 2.38 bits per heavy atom. The summed E-state index contributed by atoms with van der Waals surface area (Å²) in [6.07, 6.45) is 3.27. The zero-order chi connectivity index (χ0) is 27.5. The first-order valence-corrected chi connectivity index (χ1v) is 13.0. The standard InChI is InChI=1S/C29H30FN7O2/c1-16-25(17(2)37(35-16)28-32-10-5-11-33-28)27(38)36-14-21-22(15-36)26(21)39-24-13-19(29(3,4)31)12-23(34-24)18-6-8-20(30)9-7-18/h5-13,21-22,26H,14-15,31H2,1-4H3/t21-,22+,26?. The molecule has 3 atom stereocenters. The number of likely N-dealkylation sites (tertiary alicyclic amines) is 1. The van der Waals surface area contributed by atoms with Gasteiger partial charge < -0.3 is 15.4 Å². The van der Waals surface area contributed by atoms with Crippen LogP contribution >= 0.6 is 0 Å². The minimum atomic E-state index is -0.608. The molecule has 0 spiro atoms. The maximum Gasteiger partial charge on any atom is 0.257 e. The van der Waals surface area contributed by atoms with E-state index in [0.717, 1.165) is 16.8 Å². The summed E-state index contributed by atoms with van der Waals surface area (Å²) in [5.41, 5.74) is 10.1. The topological polar surface area (TPSA) is 112 Å². The van der Waals surface area contributed by atoms with E-state index in [9.17, 15) is 9.18 Å². The molecule has 2 aliphatic rings. The number of aromatic nitrogens is 5. The van der Waals surface area contributed by atoms with Gasteiger partial charge in [-0.1, -0.05) is 0 Å². The fourth-order valence-corrected chi connectivity index (χ4v) is 5.36. The molecule has 9 nitrogen and oxygen atoms in total. The third kappa shape index (κ3) is 4.65. The van der Waals surface area contributed by atoms with E-state index in [4.69, 9.17) is 15.5 Å². The van der Waals surface area contributed by atoms with Crippen molar-refractivity contribution in [2.24, 2.45) is 17.6 Å². The van der Waals surface area contributed by atoms with E-state index >= 15 is 0 Å². The predicted molar refractivity (Wildman–Crippen MR) is 143 cm³/mol. The van der Waals surface area contributed by atoms with Gasteiger partial charge in [0.05, 0.1) is 22.6 Å². The summed E-state index contributed by atoms with van der Waals surface area (Å²) < 4.78 is 21.4. The molecule has 1 saturated carbocycles. The largest absolute Gasteiger partial charge is 0.474 e. The second kappa shape index (κ2) is 9.23. The lowest BCUT2D eigenvalue weighted by Gasteiger charge is -2.22. The first-order chi connectivity index (χ1) is 18.6. The van der Waals surface area contributed by atoms with Gasteiger partial charge >= 0.3 is 0 Å². The molecular weight excluding hydrogens is 497 g/mol. The zero-order valence-corrected chi connectivity index (χ0v) is 22.3. The quantitative estimate of drug-likeness (QED) is 0.406. The second-order valence-corrected chi connectivity index (χ2v) is 10.9.